The van der Waals surface area contributed by atoms with Gasteiger partial charge in [-0.3, -0.25) is 9.79 Å². The molecule has 0 spiro atoms. The molecule has 114 valence electrons. The van der Waals surface area contributed by atoms with Crippen molar-refractivity contribution in [3.8, 4) is 0 Å². The number of rotatable bonds is 6. The van der Waals surface area contributed by atoms with Crippen LogP contribution in [0.25, 0.3) is 0 Å². The third-order valence-corrected chi connectivity index (χ3v) is 3.58. The Morgan fingerprint density at radius 1 is 0.864 bits per heavy atom. The number of likely N-dealkylation sites (N-methyl/N-ethyl adjacent to an activating group) is 1. The zero-order valence-corrected chi connectivity index (χ0v) is 13.2. The van der Waals surface area contributed by atoms with E-state index in [0.717, 1.165) is 29.9 Å². The van der Waals surface area contributed by atoms with Gasteiger partial charge in [0.2, 0.25) is 5.91 Å². The molecule has 0 aliphatic rings. The Morgan fingerprint density at radius 2 is 1.32 bits per heavy atom. The molecular weight excluding hydrogens is 272 g/mol. The lowest BCUT2D eigenvalue weighted by molar-refractivity contribution is -0.129. The van der Waals surface area contributed by atoms with Crippen LogP contribution in [0.5, 0.6) is 0 Å². The summed E-state index contributed by atoms with van der Waals surface area (Å²) in [6.45, 7) is 5.59. The minimum atomic E-state index is 0.0642. The van der Waals surface area contributed by atoms with Crippen LogP contribution in [0.3, 0.4) is 0 Å². The molecule has 2 rings (SSSR count). The highest BCUT2D eigenvalue weighted by atomic mass is 16.2. The Kier molecular flexibility index (Phi) is 5.90. The van der Waals surface area contributed by atoms with Crippen LogP contribution in [-0.4, -0.2) is 36.2 Å². The van der Waals surface area contributed by atoms with Gasteiger partial charge in [-0.2, -0.15) is 0 Å². The number of carbonyl (C=O) groups is 1. The van der Waals surface area contributed by atoms with Gasteiger partial charge in [-0.1, -0.05) is 60.7 Å². The lowest BCUT2D eigenvalue weighted by Gasteiger charge is -2.17. The van der Waals surface area contributed by atoms with Crippen molar-refractivity contribution in [2.45, 2.75) is 13.8 Å². The van der Waals surface area contributed by atoms with Gasteiger partial charge in [-0.05, 0) is 13.8 Å². The number of amides is 1. The molecule has 0 unspecified atom stereocenters. The van der Waals surface area contributed by atoms with E-state index in [9.17, 15) is 4.79 Å². The van der Waals surface area contributed by atoms with E-state index in [2.05, 4.69) is 4.99 Å². The number of benzene rings is 2. The quantitative estimate of drug-likeness (QED) is 0.752. The normalized spacial score (nSPS) is 10.1. The molecule has 0 heterocycles. The lowest BCUT2D eigenvalue weighted by Crippen LogP contribution is -2.32. The van der Waals surface area contributed by atoms with E-state index in [1.54, 1.807) is 4.90 Å². The van der Waals surface area contributed by atoms with Gasteiger partial charge in [0.15, 0.2) is 0 Å². The fourth-order valence-electron chi connectivity index (χ4n) is 2.36. The third-order valence-electron chi connectivity index (χ3n) is 3.58. The maximum absolute atomic E-state index is 12.2. The van der Waals surface area contributed by atoms with E-state index in [1.165, 1.54) is 0 Å². The van der Waals surface area contributed by atoms with Gasteiger partial charge >= 0.3 is 0 Å². The van der Waals surface area contributed by atoms with Crippen molar-refractivity contribution in [2.75, 3.05) is 19.6 Å². The maximum Gasteiger partial charge on any atom is 0.244 e. The first-order valence-corrected chi connectivity index (χ1v) is 7.69. The van der Waals surface area contributed by atoms with Crippen LogP contribution in [0.2, 0.25) is 0 Å². The summed E-state index contributed by atoms with van der Waals surface area (Å²) in [5, 5.41) is 0. The van der Waals surface area contributed by atoms with E-state index >= 15 is 0 Å². The van der Waals surface area contributed by atoms with Crippen molar-refractivity contribution in [3.05, 3.63) is 71.8 Å². The summed E-state index contributed by atoms with van der Waals surface area (Å²) in [5.74, 6) is 0.0642. The van der Waals surface area contributed by atoms with Crippen molar-refractivity contribution >= 4 is 11.6 Å². The molecule has 2 aromatic rings. The summed E-state index contributed by atoms with van der Waals surface area (Å²) < 4.78 is 0. The first-order valence-electron chi connectivity index (χ1n) is 7.69. The van der Waals surface area contributed by atoms with E-state index in [-0.39, 0.29) is 12.5 Å². The largest absolute Gasteiger partial charge is 0.342 e. The Labute approximate surface area is 132 Å². The molecule has 0 aromatic heterocycles. The second-order valence-corrected chi connectivity index (χ2v) is 4.96. The molecule has 0 saturated carbocycles. The highest BCUT2D eigenvalue weighted by molar-refractivity contribution is 6.13. The van der Waals surface area contributed by atoms with Crippen LogP contribution >= 0.6 is 0 Å². The van der Waals surface area contributed by atoms with Gasteiger partial charge in [-0.25, -0.2) is 0 Å². The van der Waals surface area contributed by atoms with Crippen molar-refractivity contribution in [1.29, 1.82) is 0 Å². The number of nitrogens with zero attached hydrogens (tertiary/aromatic N) is 2. The average molecular weight is 294 g/mol. The van der Waals surface area contributed by atoms with Crippen molar-refractivity contribution < 1.29 is 4.79 Å². The molecule has 3 heteroatoms. The Balaban J connectivity index is 2.29. The van der Waals surface area contributed by atoms with Crippen LogP contribution in [0, 0.1) is 0 Å². The van der Waals surface area contributed by atoms with Gasteiger partial charge in [-0.15, -0.1) is 0 Å². The SMILES string of the molecule is CCN(CC)C(=O)CN=C(c1ccccc1)c1ccccc1. The molecule has 0 fully saturated rings. The molecule has 0 bridgehead atoms. The van der Waals surface area contributed by atoms with Gasteiger partial charge in [0.05, 0.1) is 5.71 Å². The summed E-state index contributed by atoms with van der Waals surface area (Å²) in [7, 11) is 0. The van der Waals surface area contributed by atoms with Crippen molar-refractivity contribution in [3.63, 3.8) is 0 Å². The zero-order valence-electron chi connectivity index (χ0n) is 13.2. The first kappa shape index (κ1) is 16.0. The molecule has 0 N–H and O–H groups in total. The second-order valence-electron chi connectivity index (χ2n) is 4.96. The van der Waals surface area contributed by atoms with E-state index in [4.69, 9.17) is 0 Å². The van der Waals surface area contributed by atoms with Gasteiger partial charge < -0.3 is 4.90 Å². The topological polar surface area (TPSA) is 32.7 Å². The van der Waals surface area contributed by atoms with Crippen LogP contribution in [-0.2, 0) is 4.79 Å². The molecule has 3 nitrogen and oxygen atoms in total. The predicted molar refractivity (Wildman–Crippen MR) is 91.3 cm³/mol. The van der Waals surface area contributed by atoms with Gasteiger partial charge in [0, 0.05) is 24.2 Å². The summed E-state index contributed by atoms with van der Waals surface area (Å²) in [5.41, 5.74) is 2.92. The number of hydrogen-bond acceptors (Lipinski definition) is 2. The first-order chi connectivity index (χ1) is 10.8. The molecule has 0 atom stereocenters. The molecule has 1 amide bonds. The van der Waals surface area contributed by atoms with Crippen LogP contribution < -0.4 is 0 Å². The summed E-state index contributed by atoms with van der Waals surface area (Å²) >= 11 is 0. The fourth-order valence-corrected chi connectivity index (χ4v) is 2.36. The number of aliphatic imine (C=N–C) groups is 1. The smallest absolute Gasteiger partial charge is 0.244 e. The van der Waals surface area contributed by atoms with E-state index in [1.807, 2.05) is 74.5 Å². The van der Waals surface area contributed by atoms with E-state index < -0.39 is 0 Å². The lowest BCUT2D eigenvalue weighted by atomic mass is 10.0. The van der Waals surface area contributed by atoms with E-state index in [0.29, 0.717) is 0 Å². The monoisotopic (exact) mass is 294 g/mol. The summed E-state index contributed by atoms with van der Waals surface area (Å²) in [4.78, 5) is 18.6. The third kappa shape index (κ3) is 4.04. The highest BCUT2D eigenvalue weighted by Gasteiger charge is 2.11. The van der Waals surface area contributed by atoms with Crippen LogP contribution in [0.4, 0.5) is 0 Å². The Bertz CT molecular complexity index is 575. The molecular formula is C19H22N2O. The van der Waals surface area contributed by atoms with Crippen molar-refractivity contribution in [2.24, 2.45) is 4.99 Å². The fraction of sp³-hybridized carbons (Fsp3) is 0.263. The Hall–Kier alpha value is -2.42. The average Bonchev–Trinajstić information content (AvgIpc) is 2.58. The molecule has 22 heavy (non-hydrogen) atoms. The molecule has 0 radical (unpaired) electrons. The zero-order chi connectivity index (χ0) is 15.8. The molecule has 0 aliphatic heterocycles. The van der Waals surface area contributed by atoms with Crippen molar-refractivity contribution in [1.82, 2.24) is 4.90 Å². The second kappa shape index (κ2) is 8.13. The Morgan fingerprint density at radius 3 is 1.73 bits per heavy atom. The standard InChI is InChI=1S/C19H22N2O/c1-3-21(4-2)18(22)15-20-19(16-11-7-5-8-12-16)17-13-9-6-10-14-17/h5-14H,3-4,15H2,1-2H3. The number of hydrogen-bond donors (Lipinski definition) is 0. The summed E-state index contributed by atoms with van der Waals surface area (Å²) in [6.07, 6.45) is 0. The molecule has 0 saturated heterocycles. The highest BCUT2D eigenvalue weighted by Crippen LogP contribution is 2.11. The van der Waals surface area contributed by atoms with Crippen LogP contribution in [0.1, 0.15) is 25.0 Å². The van der Waals surface area contributed by atoms with Gasteiger partial charge in [0.25, 0.3) is 0 Å². The summed E-state index contributed by atoms with van der Waals surface area (Å²) in [6, 6.07) is 20.0. The molecule has 2 aromatic carbocycles. The minimum Gasteiger partial charge on any atom is -0.342 e. The van der Waals surface area contributed by atoms with Crippen LogP contribution in [0.15, 0.2) is 65.7 Å². The maximum atomic E-state index is 12.2. The number of carbonyl (C=O) groups excluding carboxylic acids is 1. The van der Waals surface area contributed by atoms with Gasteiger partial charge in [0.1, 0.15) is 6.54 Å². The predicted octanol–water partition coefficient (Wildman–Crippen LogP) is 3.39. The molecule has 0 aliphatic carbocycles. The minimum absolute atomic E-state index is 0.0642.